The first-order valence-electron chi connectivity index (χ1n) is 24.7. The average molecular weight is 950 g/mol. The van der Waals surface area contributed by atoms with E-state index in [1.165, 1.54) is 19.1 Å². The Labute approximate surface area is 401 Å². The highest BCUT2D eigenvalue weighted by molar-refractivity contribution is 6.39. The summed E-state index contributed by atoms with van der Waals surface area (Å²) in [6.07, 6.45) is 6.70. The summed E-state index contributed by atoms with van der Waals surface area (Å²) < 4.78 is 42.1. The maximum Gasteiger partial charge on any atom is 0.329 e. The summed E-state index contributed by atoms with van der Waals surface area (Å²) in [4.78, 5) is 71.6. The predicted molar refractivity (Wildman–Crippen MR) is 252 cm³/mol. The van der Waals surface area contributed by atoms with Gasteiger partial charge in [-0.15, -0.1) is 0 Å². The van der Waals surface area contributed by atoms with Gasteiger partial charge in [0, 0.05) is 69.4 Å². The number of piperidine rings is 1. The number of ketones is 3. The van der Waals surface area contributed by atoms with Crippen LogP contribution in [0.4, 0.5) is 0 Å². The molecule has 2 aromatic rings. The first-order valence-corrected chi connectivity index (χ1v) is 24.7. The van der Waals surface area contributed by atoms with E-state index in [1.54, 1.807) is 51.5 Å². The normalized spacial score (nSPS) is 34.2. The van der Waals surface area contributed by atoms with Gasteiger partial charge in [0.05, 0.1) is 24.6 Å². The van der Waals surface area contributed by atoms with Gasteiger partial charge in [-0.05, 0) is 120 Å². The topological polar surface area (TPSA) is 198 Å². The van der Waals surface area contributed by atoms with E-state index in [0.29, 0.717) is 80.9 Å². The van der Waals surface area contributed by atoms with Crippen LogP contribution in [0.3, 0.4) is 0 Å². The first-order chi connectivity index (χ1) is 32.4. The number of amides is 1. The molecule has 3 aliphatic heterocycles. The zero-order valence-corrected chi connectivity index (χ0v) is 41.5. The summed E-state index contributed by atoms with van der Waals surface area (Å²) in [6.45, 7) is 11.1. The molecule has 1 aromatic heterocycles. The third kappa shape index (κ3) is 11.9. The lowest BCUT2D eigenvalue weighted by atomic mass is 9.81. The van der Waals surface area contributed by atoms with Crippen LogP contribution < -0.4 is 0 Å². The van der Waals surface area contributed by atoms with Crippen LogP contribution in [0.2, 0.25) is 0 Å². The lowest BCUT2D eigenvalue weighted by Gasteiger charge is -2.48. The number of cyclic esters (lactones) is 1. The number of Topliss-reactive ketones (excluding diaryl/α,β-unsaturated/α-hetero) is 3. The Bertz CT molecular complexity index is 2160. The number of nitrogens with zero attached hydrogens (tertiary/aromatic N) is 1. The zero-order valence-electron chi connectivity index (χ0n) is 41.5. The Kier molecular flexibility index (Phi) is 18.2. The molecule has 376 valence electrons. The largest absolute Gasteiger partial charge is 0.464 e. The van der Waals surface area contributed by atoms with Crippen molar-refractivity contribution < 1.29 is 67.0 Å². The molecule has 1 aromatic carbocycles. The minimum Gasteiger partial charge on any atom is -0.464 e. The minimum atomic E-state index is -2.53. The Balaban J connectivity index is 1.27. The van der Waals surface area contributed by atoms with Crippen LogP contribution >= 0.6 is 0 Å². The molecule has 12 unspecified atom stereocenters. The number of allylic oxidation sites excluding steroid dienone is 3. The van der Waals surface area contributed by atoms with E-state index in [4.69, 9.17) is 32.8 Å². The predicted octanol–water partition coefficient (Wildman–Crippen LogP) is 7.48. The zero-order chi connectivity index (χ0) is 49.5. The number of methoxy groups -OCH3 is 3. The lowest BCUT2D eigenvalue weighted by molar-refractivity contribution is -0.344. The fraction of sp³-hybridized carbons (Fsp3) is 0.679. The monoisotopic (exact) mass is 950 g/mol. The van der Waals surface area contributed by atoms with Gasteiger partial charge in [-0.2, -0.15) is 0 Å². The summed E-state index contributed by atoms with van der Waals surface area (Å²) in [5.74, 6) is -9.35. The van der Waals surface area contributed by atoms with E-state index in [2.05, 4.69) is 0 Å². The summed E-state index contributed by atoms with van der Waals surface area (Å²) in [5.41, 5.74) is 2.82. The number of aliphatic hydroxyl groups is 2. The van der Waals surface area contributed by atoms with Crippen molar-refractivity contribution in [2.24, 2.45) is 29.6 Å². The van der Waals surface area contributed by atoms with Crippen molar-refractivity contribution >= 4 is 40.2 Å². The molecule has 15 heteroatoms. The summed E-state index contributed by atoms with van der Waals surface area (Å²) in [7, 11) is 4.57. The average Bonchev–Trinajstić information content (AvgIpc) is 3.81. The third-order valence-corrected chi connectivity index (χ3v) is 15.2. The van der Waals surface area contributed by atoms with E-state index in [0.717, 1.165) is 11.0 Å². The molecule has 2 N–H and O–H groups in total. The first kappa shape index (κ1) is 53.3. The molecule has 4 aliphatic rings. The third-order valence-electron chi connectivity index (χ3n) is 15.2. The van der Waals surface area contributed by atoms with Crippen LogP contribution in [0.1, 0.15) is 129 Å². The Hall–Kier alpha value is -4.09. The molecule has 4 heterocycles. The number of aliphatic hydroxyl groups excluding tert-OH is 1. The maximum atomic E-state index is 14.5. The van der Waals surface area contributed by atoms with E-state index < -0.39 is 71.3 Å². The number of fused-ring (bicyclic) bond motifs is 4. The molecule has 3 fully saturated rings. The smallest absolute Gasteiger partial charge is 0.329 e. The molecule has 6 rings (SSSR count). The second-order valence-electron chi connectivity index (χ2n) is 20.0. The SMILES string of the molecule is CCC1C=C(C)CC(C)CC(OC)(OC)C2CCC(C)C(O)(O2)C(=O)C(=O)N2CCCCC2C(=O)OC(C(C)=CC2CCC(OCC(=O)c3ccc4occc4c3)C(OC)C2)C(C)C(O)CC1=O. The van der Waals surface area contributed by atoms with Gasteiger partial charge < -0.3 is 48.0 Å². The van der Waals surface area contributed by atoms with E-state index in [1.807, 2.05) is 39.8 Å². The Morgan fingerprint density at radius 1 is 0.956 bits per heavy atom. The quantitative estimate of drug-likeness (QED) is 0.0782. The van der Waals surface area contributed by atoms with Crippen LogP contribution in [0, 0.1) is 29.6 Å². The molecule has 12 atom stereocenters. The van der Waals surface area contributed by atoms with Gasteiger partial charge in [0.2, 0.25) is 5.79 Å². The fourth-order valence-corrected chi connectivity index (χ4v) is 11.0. The van der Waals surface area contributed by atoms with Gasteiger partial charge in [-0.25, -0.2) is 4.79 Å². The molecule has 1 aliphatic carbocycles. The van der Waals surface area contributed by atoms with Crippen molar-refractivity contribution in [3.63, 3.8) is 0 Å². The summed E-state index contributed by atoms with van der Waals surface area (Å²) in [6, 6.07) is 5.91. The summed E-state index contributed by atoms with van der Waals surface area (Å²) in [5, 5.41) is 24.8. The van der Waals surface area contributed by atoms with Gasteiger partial charge in [0.1, 0.15) is 36.2 Å². The van der Waals surface area contributed by atoms with Crippen LogP contribution in [0.25, 0.3) is 11.0 Å². The molecule has 15 nitrogen and oxygen atoms in total. The van der Waals surface area contributed by atoms with Crippen molar-refractivity contribution in [3.8, 4) is 0 Å². The Morgan fingerprint density at radius 3 is 2.41 bits per heavy atom. The van der Waals surface area contributed by atoms with Crippen LogP contribution in [-0.4, -0.2) is 127 Å². The van der Waals surface area contributed by atoms with Crippen molar-refractivity contribution in [3.05, 3.63) is 59.4 Å². The number of esters is 1. The molecule has 2 saturated heterocycles. The molecule has 2 bridgehead atoms. The molecule has 1 saturated carbocycles. The second kappa shape index (κ2) is 23.2. The van der Waals surface area contributed by atoms with Gasteiger partial charge in [-0.3, -0.25) is 19.2 Å². The summed E-state index contributed by atoms with van der Waals surface area (Å²) >= 11 is 0. The number of benzene rings is 1. The van der Waals surface area contributed by atoms with Gasteiger partial charge in [0.25, 0.3) is 11.7 Å². The maximum absolute atomic E-state index is 14.5. The van der Waals surface area contributed by atoms with Crippen LogP contribution in [0.5, 0.6) is 0 Å². The molecular formula is C53H75NO14. The molecular weight excluding hydrogens is 875 g/mol. The number of furan rings is 1. The number of rotatable bonds is 10. The van der Waals surface area contributed by atoms with Crippen molar-refractivity contribution in [2.45, 2.75) is 167 Å². The van der Waals surface area contributed by atoms with Crippen molar-refractivity contribution in [2.75, 3.05) is 34.5 Å². The van der Waals surface area contributed by atoms with E-state index in [-0.39, 0.29) is 61.6 Å². The van der Waals surface area contributed by atoms with Crippen LogP contribution in [-0.2, 0) is 47.6 Å². The molecule has 0 spiro atoms. The van der Waals surface area contributed by atoms with Gasteiger partial charge in [0.15, 0.2) is 11.6 Å². The number of carbonyl (C=O) groups excluding carboxylic acids is 5. The van der Waals surface area contributed by atoms with Crippen LogP contribution in [0.15, 0.2) is 58.2 Å². The van der Waals surface area contributed by atoms with E-state index >= 15 is 0 Å². The number of hydrogen-bond donors (Lipinski definition) is 2. The highest BCUT2D eigenvalue weighted by Crippen LogP contribution is 2.42. The highest BCUT2D eigenvalue weighted by Gasteiger charge is 2.57. The molecule has 0 radical (unpaired) electrons. The number of hydrogen-bond acceptors (Lipinski definition) is 14. The molecule has 1 amide bonds. The Morgan fingerprint density at radius 2 is 1.71 bits per heavy atom. The highest BCUT2D eigenvalue weighted by atomic mass is 16.7. The van der Waals surface area contributed by atoms with Gasteiger partial charge in [-0.1, -0.05) is 45.4 Å². The number of ether oxygens (including phenoxy) is 6. The van der Waals surface area contributed by atoms with Crippen molar-refractivity contribution in [1.29, 1.82) is 0 Å². The standard InChI is InChI=1S/C53H75NO14/c1-10-37-24-31(2)23-32(3)29-52(63-8,64-9)47-19-14-34(5)53(61,68-47)49(58)50(59)54-21-12-11-13-40(54)51(60)67-48(35(6)41(55)28-42(37)56)33(4)25-36-15-17-45(46(26-36)62-7)66-30-43(57)38-16-18-44-39(27-38)20-22-65-44/h16,18,20,22,24-25,27,32,34-37,40-41,45-48,55,61H,10-15,17,19,21,23,26,28-30H2,1-9H3. The second-order valence-corrected chi connectivity index (χ2v) is 20.0. The van der Waals surface area contributed by atoms with Crippen molar-refractivity contribution in [1.82, 2.24) is 4.90 Å². The lowest BCUT2D eigenvalue weighted by Crippen LogP contribution is -2.64. The number of carbonyl (C=O) groups is 5. The van der Waals surface area contributed by atoms with Gasteiger partial charge >= 0.3 is 5.97 Å². The fourth-order valence-electron chi connectivity index (χ4n) is 11.0. The minimum absolute atomic E-state index is 0.0591. The molecule has 68 heavy (non-hydrogen) atoms. The van der Waals surface area contributed by atoms with E-state index in [9.17, 15) is 34.2 Å².